The van der Waals surface area contributed by atoms with Gasteiger partial charge in [-0.1, -0.05) is 0 Å². The Kier molecular flexibility index (Phi) is 1.71. The minimum atomic E-state index is 0.832. The molecule has 72 valence electrons. The summed E-state index contributed by atoms with van der Waals surface area (Å²) in [5, 5.41) is 1.11. The van der Waals surface area contributed by atoms with E-state index in [-0.39, 0.29) is 0 Å². The fourth-order valence-electron chi connectivity index (χ4n) is 1.58. The summed E-state index contributed by atoms with van der Waals surface area (Å²) in [6.45, 7) is 0. The molecule has 0 amide bonds. The van der Waals surface area contributed by atoms with Crippen molar-refractivity contribution >= 4 is 11.0 Å². The third kappa shape index (κ3) is 1.27. The highest BCUT2D eigenvalue weighted by molar-refractivity contribution is 5.77. The first-order chi connectivity index (χ1) is 7.45. The van der Waals surface area contributed by atoms with Gasteiger partial charge in [-0.15, -0.1) is 0 Å². The second kappa shape index (κ2) is 3.16. The van der Waals surface area contributed by atoms with Gasteiger partial charge in [-0.2, -0.15) is 0 Å². The van der Waals surface area contributed by atoms with Crippen LogP contribution < -0.4 is 0 Å². The lowest BCUT2D eigenvalue weighted by molar-refractivity contribution is 0.995. The maximum Gasteiger partial charge on any atom is 0.145 e. The van der Waals surface area contributed by atoms with Crippen LogP contribution in [0.2, 0.25) is 0 Å². The van der Waals surface area contributed by atoms with Crippen molar-refractivity contribution in [3.63, 3.8) is 0 Å². The smallest absolute Gasteiger partial charge is 0.145 e. The lowest BCUT2D eigenvalue weighted by Crippen LogP contribution is -1.96. The van der Waals surface area contributed by atoms with Crippen molar-refractivity contribution in [2.75, 3.05) is 0 Å². The highest BCUT2D eigenvalue weighted by Crippen LogP contribution is 2.15. The van der Waals surface area contributed by atoms with Crippen molar-refractivity contribution in [3.05, 3.63) is 49.2 Å². The first kappa shape index (κ1) is 8.11. The van der Waals surface area contributed by atoms with Crippen molar-refractivity contribution in [1.82, 2.24) is 19.5 Å². The average molecular weight is 196 g/mol. The standard InChI is InChI=1S/C11H8N4/c1-2-9-4-7-15(11(9)13-5-1)10-3-6-12-8-14-10/h1-8H. The molecule has 0 aromatic carbocycles. The number of hydrogen-bond donors (Lipinski definition) is 0. The van der Waals surface area contributed by atoms with Gasteiger partial charge in [-0.25, -0.2) is 15.0 Å². The molecule has 0 radical (unpaired) electrons. The van der Waals surface area contributed by atoms with Crippen LogP contribution in [0, 0.1) is 0 Å². The minimum absolute atomic E-state index is 0.832. The van der Waals surface area contributed by atoms with Gasteiger partial charge < -0.3 is 0 Å². The van der Waals surface area contributed by atoms with Crippen LogP contribution in [0.25, 0.3) is 16.9 Å². The summed E-state index contributed by atoms with van der Waals surface area (Å²) >= 11 is 0. The van der Waals surface area contributed by atoms with E-state index in [1.807, 2.05) is 35.0 Å². The highest BCUT2D eigenvalue weighted by Gasteiger charge is 2.03. The molecule has 4 heteroatoms. The first-order valence-electron chi connectivity index (χ1n) is 4.63. The minimum Gasteiger partial charge on any atom is -0.285 e. The summed E-state index contributed by atoms with van der Waals surface area (Å²) in [6.07, 6.45) is 6.99. The van der Waals surface area contributed by atoms with E-state index in [4.69, 9.17) is 0 Å². The van der Waals surface area contributed by atoms with Crippen LogP contribution in [0.4, 0.5) is 0 Å². The lowest BCUT2D eigenvalue weighted by Gasteiger charge is -2.01. The summed E-state index contributed by atoms with van der Waals surface area (Å²) in [4.78, 5) is 12.4. The van der Waals surface area contributed by atoms with Crippen LogP contribution in [0.1, 0.15) is 0 Å². The Morgan fingerprint density at radius 3 is 2.87 bits per heavy atom. The van der Waals surface area contributed by atoms with Crippen LogP contribution in [-0.4, -0.2) is 19.5 Å². The van der Waals surface area contributed by atoms with E-state index in [0.29, 0.717) is 0 Å². The van der Waals surface area contributed by atoms with Crippen LogP contribution >= 0.6 is 0 Å². The molecule has 0 aliphatic carbocycles. The Morgan fingerprint density at radius 2 is 2.00 bits per heavy atom. The SMILES string of the molecule is c1cnc2c(c1)ccn2-c1ccncn1. The van der Waals surface area contributed by atoms with E-state index >= 15 is 0 Å². The fourth-order valence-corrected chi connectivity index (χ4v) is 1.58. The Balaban J connectivity index is 2.28. The van der Waals surface area contributed by atoms with Crippen LogP contribution in [0.15, 0.2) is 49.2 Å². The van der Waals surface area contributed by atoms with Crippen molar-refractivity contribution in [2.24, 2.45) is 0 Å². The second-order valence-corrected chi connectivity index (χ2v) is 3.17. The third-order valence-corrected chi connectivity index (χ3v) is 2.26. The lowest BCUT2D eigenvalue weighted by atomic mass is 10.3. The monoisotopic (exact) mass is 196 g/mol. The average Bonchev–Trinajstić information content (AvgIpc) is 2.74. The molecule has 3 aromatic heterocycles. The van der Waals surface area contributed by atoms with Crippen molar-refractivity contribution in [3.8, 4) is 5.82 Å². The number of pyridine rings is 1. The molecule has 3 aromatic rings. The predicted molar refractivity (Wildman–Crippen MR) is 56.7 cm³/mol. The van der Waals surface area contributed by atoms with Gasteiger partial charge in [0.05, 0.1) is 0 Å². The third-order valence-electron chi connectivity index (χ3n) is 2.26. The Hall–Kier alpha value is -2.23. The van der Waals surface area contributed by atoms with Crippen LogP contribution in [0.3, 0.4) is 0 Å². The molecule has 0 bridgehead atoms. The molecule has 15 heavy (non-hydrogen) atoms. The Labute approximate surface area is 86.2 Å². The van der Waals surface area contributed by atoms with Crippen molar-refractivity contribution < 1.29 is 0 Å². The normalized spacial score (nSPS) is 10.7. The molecule has 0 spiro atoms. The van der Waals surface area contributed by atoms with E-state index in [2.05, 4.69) is 15.0 Å². The van der Waals surface area contributed by atoms with Crippen molar-refractivity contribution in [1.29, 1.82) is 0 Å². The van der Waals surface area contributed by atoms with E-state index in [1.54, 1.807) is 12.4 Å². The number of hydrogen-bond acceptors (Lipinski definition) is 3. The fraction of sp³-hybridized carbons (Fsp3) is 0. The number of rotatable bonds is 1. The predicted octanol–water partition coefficient (Wildman–Crippen LogP) is 1.82. The zero-order chi connectivity index (χ0) is 10.1. The zero-order valence-corrected chi connectivity index (χ0v) is 7.91. The molecule has 0 fully saturated rings. The molecule has 3 heterocycles. The maximum atomic E-state index is 4.32. The van der Waals surface area contributed by atoms with Gasteiger partial charge in [0.25, 0.3) is 0 Å². The summed E-state index contributed by atoms with van der Waals surface area (Å²) in [5.41, 5.74) is 0.913. The Morgan fingerprint density at radius 1 is 1.00 bits per heavy atom. The largest absolute Gasteiger partial charge is 0.285 e. The van der Waals surface area contributed by atoms with E-state index in [0.717, 1.165) is 16.9 Å². The molecule has 0 saturated carbocycles. The molecule has 4 nitrogen and oxygen atoms in total. The van der Waals surface area contributed by atoms with Crippen LogP contribution in [-0.2, 0) is 0 Å². The first-order valence-corrected chi connectivity index (χ1v) is 4.63. The zero-order valence-electron chi connectivity index (χ0n) is 7.91. The molecule has 0 N–H and O–H groups in total. The summed E-state index contributed by atoms with van der Waals surface area (Å²) < 4.78 is 1.94. The molecule has 0 unspecified atom stereocenters. The number of fused-ring (bicyclic) bond motifs is 1. The molecule has 0 aliphatic heterocycles. The Bertz CT molecular complexity index is 586. The van der Waals surface area contributed by atoms with Gasteiger partial charge in [-0.05, 0) is 24.3 Å². The van der Waals surface area contributed by atoms with Gasteiger partial charge in [0, 0.05) is 24.0 Å². The maximum absolute atomic E-state index is 4.32. The van der Waals surface area contributed by atoms with Gasteiger partial charge in [-0.3, -0.25) is 4.57 Å². The molecule has 0 aliphatic rings. The molecule has 3 rings (SSSR count). The molecular weight excluding hydrogens is 188 g/mol. The van der Waals surface area contributed by atoms with E-state index in [1.165, 1.54) is 6.33 Å². The number of nitrogens with zero attached hydrogens (tertiary/aromatic N) is 4. The highest BCUT2D eigenvalue weighted by atomic mass is 15.1. The van der Waals surface area contributed by atoms with Crippen molar-refractivity contribution in [2.45, 2.75) is 0 Å². The van der Waals surface area contributed by atoms with Crippen LogP contribution in [0.5, 0.6) is 0 Å². The topological polar surface area (TPSA) is 43.6 Å². The summed E-state index contributed by atoms with van der Waals surface area (Å²) in [5.74, 6) is 0.832. The van der Waals surface area contributed by atoms with E-state index < -0.39 is 0 Å². The van der Waals surface area contributed by atoms with E-state index in [9.17, 15) is 0 Å². The molecular formula is C11H8N4. The van der Waals surface area contributed by atoms with Gasteiger partial charge in [0.2, 0.25) is 0 Å². The number of aromatic nitrogens is 4. The quantitative estimate of drug-likeness (QED) is 0.596. The van der Waals surface area contributed by atoms with Gasteiger partial charge >= 0.3 is 0 Å². The second-order valence-electron chi connectivity index (χ2n) is 3.17. The summed E-state index contributed by atoms with van der Waals surface area (Å²) in [7, 11) is 0. The summed E-state index contributed by atoms with van der Waals surface area (Å²) in [6, 6.07) is 7.82. The van der Waals surface area contributed by atoms with Gasteiger partial charge in [0.15, 0.2) is 0 Å². The molecule has 0 saturated heterocycles. The van der Waals surface area contributed by atoms with Gasteiger partial charge in [0.1, 0.15) is 17.8 Å². The molecule has 0 atom stereocenters.